The van der Waals surface area contributed by atoms with Crippen molar-refractivity contribution in [3.63, 3.8) is 0 Å². The highest BCUT2D eigenvalue weighted by Crippen LogP contribution is 2.18. The topological polar surface area (TPSA) is 73.4 Å². The summed E-state index contributed by atoms with van der Waals surface area (Å²) in [6.07, 6.45) is 3.33. The fraction of sp³-hybridized carbons (Fsp3) is 0.455. The van der Waals surface area contributed by atoms with Crippen LogP contribution in [-0.2, 0) is 16.0 Å². The van der Waals surface area contributed by atoms with E-state index in [1.54, 1.807) is 6.20 Å². The summed E-state index contributed by atoms with van der Waals surface area (Å²) in [4.78, 5) is 27.2. The van der Waals surface area contributed by atoms with Gasteiger partial charge in [0.1, 0.15) is 6.04 Å². The second-order valence-corrected chi connectivity index (χ2v) is 3.96. The summed E-state index contributed by atoms with van der Waals surface area (Å²) < 4.78 is 0. The van der Waals surface area contributed by atoms with Crippen molar-refractivity contribution in [2.24, 2.45) is 0 Å². The standard InChI is InChI=1S/C11H14N2O3/c14-10(7-8-3-1-5-12-8)13-6-2-4-9(13)11(15)16/h1,3,5,9,12H,2,4,6-7H2,(H,15,16). The molecule has 2 heterocycles. The molecule has 2 N–H and O–H groups in total. The van der Waals surface area contributed by atoms with E-state index < -0.39 is 12.0 Å². The lowest BCUT2D eigenvalue weighted by Gasteiger charge is -2.21. The number of nitrogens with zero attached hydrogens (tertiary/aromatic N) is 1. The fourth-order valence-electron chi connectivity index (χ4n) is 2.06. The molecule has 0 radical (unpaired) electrons. The average molecular weight is 222 g/mol. The van der Waals surface area contributed by atoms with Crippen LogP contribution in [0.15, 0.2) is 18.3 Å². The molecule has 86 valence electrons. The number of carbonyl (C=O) groups is 2. The summed E-state index contributed by atoms with van der Waals surface area (Å²) in [5.74, 6) is -1.02. The quantitative estimate of drug-likeness (QED) is 0.787. The summed E-state index contributed by atoms with van der Waals surface area (Å²) >= 11 is 0. The first kappa shape index (κ1) is 10.7. The molecule has 1 amide bonds. The maximum absolute atomic E-state index is 11.9. The summed E-state index contributed by atoms with van der Waals surface area (Å²) in [7, 11) is 0. The number of aromatic nitrogens is 1. The van der Waals surface area contributed by atoms with Crippen molar-refractivity contribution < 1.29 is 14.7 Å². The zero-order valence-electron chi connectivity index (χ0n) is 8.85. The van der Waals surface area contributed by atoms with Gasteiger partial charge in [-0.05, 0) is 25.0 Å². The maximum Gasteiger partial charge on any atom is 0.326 e. The number of H-pyrrole nitrogens is 1. The molecule has 2 rings (SSSR count). The van der Waals surface area contributed by atoms with Gasteiger partial charge in [0, 0.05) is 18.4 Å². The first-order valence-electron chi connectivity index (χ1n) is 5.33. The monoisotopic (exact) mass is 222 g/mol. The van der Waals surface area contributed by atoms with Gasteiger partial charge in [-0.25, -0.2) is 4.79 Å². The van der Waals surface area contributed by atoms with Crippen LogP contribution in [-0.4, -0.2) is 39.5 Å². The third-order valence-corrected chi connectivity index (χ3v) is 2.86. The second-order valence-electron chi connectivity index (χ2n) is 3.96. The van der Waals surface area contributed by atoms with Gasteiger partial charge in [-0.15, -0.1) is 0 Å². The summed E-state index contributed by atoms with van der Waals surface area (Å²) in [5, 5.41) is 8.96. The first-order valence-corrected chi connectivity index (χ1v) is 5.33. The molecule has 1 atom stereocenters. The smallest absolute Gasteiger partial charge is 0.326 e. The van der Waals surface area contributed by atoms with E-state index in [-0.39, 0.29) is 12.3 Å². The van der Waals surface area contributed by atoms with Crippen LogP contribution in [0, 0.1) is 0 Å². The number of carboxylic acid groups (broad SMARTS) is 1. The Morgan fingerprint density at radius 2 is 2.38 bits per heavy atom. The zero-order valence-corrected chi connectivity index (χ0v) is 8.85. The highest BCUT2D eigenvalue weighted by Gasteiger charge is 2.33. The molecule has 0 aromatic carbocycles. The van der Waals surface area contributed by atoms with Crippen LogP contribution in [0.5, 0.6) is 0 Å². The number of hydrogen-bond donors (Lipinski definition) is 2. The van der Waals surface area contributed by atoms with Crippen LogP contribution < -0.4 is 0 Å². The van der Waals surface area contributed by atoms with Gasteiger partial charge in [0.2, 0.25) is 5.91 Å². The molecule has 1 saturated heterocycles. The van der Waals surface area contributed by atoms with Gasteiger partial charge in [-0.1, -0.05) is 0 Å². The number of likely N-dealkylation sites (tertiary alicyclic amines) is 1. The number of aliphatic carboxylic acids is 1. The van der Waals surface area contributed by atoms with Crippen LogP contribution in [0.25, 0.3) is 0 Å². The lowest BCUT2D eigenvalue weighted by atomic mass is 10.2. The lowest BCUT2D eigenvalue weighted by Crippen LogP contribution is -2.41. The minimum Gasteiger partial charge on any atom is -0.480 e. The van der Waals surface area contributed by atoms with Crippen LogP contribution in [0.4, 0.5) is 0 Å². The SMILES string of the molecule is O=C(O)C1CCCN1C(=O)Cc1ccc[nH]1. The number of nitrogens with one attached hydrogen (secondary N) is 1. The normalized spacial score (nSPS) is 20.0. The van der Waals surface area contributed by atoms with Crippen molar-refractivity contribution in [1.82, 2.24) is 9.88 Å². The van der Waals surface area contributed by atoms with Crippen molar-refractivity contribution in [2.45, 2.75) is 25.3 Å². The van der Waals surface area contributed by atoms with Crippen molar-refractivity contribution in [3.8, 4) is 0 Å². The number of carboxylic acids is 1. The van der Waals surface area contributed by atoms with Crippen molar-refractivity contribution in [3.05, 3.63) is 24.0 Å². The number of carbonyl (C=O) groups excluding carboxylic acids is 1. The molecule has 5 heteroatoms. The van der Waals surface area contributed by atoms with E-state index in [1.165, 1.54) is 4.90 Å². The Hall–Kier alpha value is -1.78. The van der Waals surface area contributed by atoms with Crippen LogP contribution in [0.1, 0.15) is 18.5 Å². The Morgan fingerprint density at radius 3 is 3.00 bits per heavy atom. The van der Waals surface area contributed by atoms with E-state index in [2.05, 4.69) is 4.98 Å². The van der Waals surface area contributed by atoms with E-state index in [0.717, 1.165) is 12.1 Å². The molecule has 5 nitrogen and oxygen atoms in total. The molecule has 1 aromatic rings. The molecule has 1 aliphatic heterocycles. The third kappa shape index (κ3) is 2.08. The van der Waals surface area contributed by atoms with Crippen molar-refractivity contribution in [2.75, 3.05) is 6.54 Å². The van der Waals surface area contributed by atoms with E-state index >= 15 is 0 Å². The minimum atomic E-state index is -0.905. The predicted molar refractivity (Wildman–Crippen MR) is 56.9 cm³/mol. The highest BCUT2D eigenvalue weighted by atomic mass is 16.4. The molecular weight excluding hydrogens is 208 g/mol. The zero-order chi connectivity index (χ0) is 11.5. The van der Waals surface area contributed by atoms with Gasteiger partial charge < -0.3 is 15.0 Å². The lowest BCUT2D eigenvalue weighted by molar-refractivity contribution is -0.148. The summed E-state index contributed by atoms with van der Waals surface area (Å²) in [6.45, 7) is 0.552. The summed E-state index contributed by atoms with van der Waals surface area (Å²) in [6, 6.07) is 3.01. The Labute approximate surface area is 93.1 Å². The third-order valence-electron chi connectivity index (χ3n) is 2.86. The van der Waals surface area contributed by atoms with Crippen LogP contribution in [0.2, 0.25) is 0 Å². The maximum atomic E-state index is 11.9. The van der Waals surface area contributed by atoms with Crippen molar-refractivity contribution >= 4 is 11.9 Å². The van der Waals surface area contributed by atoms with Gasteiger partial charge in [0.05, 0.1) is 6.42 Å². The van der Waals surface area contributed by atoms with E-state index in [4.69, 9.17) is 5.11 Å². The van der Waals surface area contributed by atoms with Crippen molar-refractivity contribution in [1.29, 1.82) is 0 Å². The molecule has 0 saturated carbocycles. The highest BCUT2D eigenvalue weighted by molar-refractivity contribution is 5.85. The van der Waals surface area contributed by atoms with E-state index in [1.807, 2.05) is 12.1 Å². The molecule has 0 aliphatic carbocycles. The molecule has 1 fully saturated rings. The van der Waals surface area contributed by atoms with E-state index in [0.29, 0.717) is 13.0 Å². The average Bonchev–Trinajstić information content (AvgIpc) is 2.86. The molecule has 16 heavy (non-hydrogen) atoms. The number of aromatic amines is 1. The fourth-order valence-corrected chi connectivity index (χ4v) is 2.06. The Kier molecular flexibility index (Phi) is 2.94. The van der Waals surface area contributed by atoms with Gasteiger partial charge in [0.15, 0.2) is 0 Å². The molecule has 1 unspecified atom stereocenters. The summed E-state index contributed by atoms with van der Waals surface area (Å²) in [5.41, 5.74) is 0.820. The largest absolute Gasteiger partial charge is 0.480 e. The minimum absolute atomic E-state index is 0.118. The van der Waals surface area contributed by atoms with Crippen LogP contribution >= 0.6 is 0 Å². The molecule has 0 spiro atoms. The Morgan fingerprint density at radius 1 is 1.56 bits per heavy atom. The van der Waals surface area contributed by atoms with Gasteiger partial charge in [-0.2, -0.15) is 0 Å². The van der Waals surface area contributed by atoms with Gasteiger partial charge >= 0.3 is 5.97 Å². The molecule has 1 aromatic heterocycles. The molecular formula is C11H14N2O3. The van der Waals surface area contributed by atoms with Gasteiger partial charge in [-0.3, -0.25) is 4.79 Å². The Bertz CT molecular complexity index is 386. The molecule has 0 bridgehead atoms. The van der Waals surface area contributed by atoms with E-state index in [9.17, 15) is 9.59 Å². The number of rotatable bonds is 3. The number of hydrogen-bond acceptors (Lipinski definition) is 2. The Balaban J connectivity index is 2.01. The predicted octanol–water partition coefficient (Wildman–Crippen LogP) is 0.633. The molecule has 1 aliphatic rings. The van der Waals surface area contributed by atoms with Gasteiger partial charge in [0.25, 0.3) is 0 Å². The second kappa shape index (κ2) is 4.38. The first-order chi connectivity index (χ1) is 7.68. The van der Waals surface area contributed by atoms with Crippen LogP contribution in [0.3, 0.4) is 0 Å². The number of amides is 1.